The summed E-state index contributed by atoms with van der Waals surface area (Å²) >= 11 is 0. The van der Waals surface area contributed by atoms with Gasteiger partial charge in [0, 0.05) is 6.04 Å². The van der Waals surface area contributed by atoms with E-state index < -0.39 is 0 Å². The Morgan fingerprint density at radius 1 is 1.19 bits per heavy atom. The van der Waals surface area contributed by atoms with Crippen molar-refractivity contribution in [1.29, 1.82) is 0 Å². The number of aromatic nitrogens is 3. The highest BCUT2D eigenvalue weighted by Gasteiger charge is 2.09. The van der Waals surface area contributed by atoms with Crippen LogP contribution in [0.2, 0.25) is 0 Å². The predicted octanol–water partition coefficient (Wildman–Crippen LogP) is 1.35. The number of ether oxygens (including phenoxy) is 1. The molecule has 112 valence electrons. The monoisotopic (exact) mass is 292 g/mol. The van der Waals surface area contributed by atoms with Crippen molar-refractivity contribution in [1.82, 2.24) is 15.0 Å². The second-order valence-electron chi connectivity index (χ2n) is 4.49. The number of nitrogens with one attached hydrogen (secondary N) is 2. The topological polar surface area (TPSA) is 98.0 Å². The Balaban J connectivity index is 2.04. The van der Waals surface area contributed by atoms with Gasteiger partial charge in [-0.3, -0.25) is 5.43 Å². The Bertz CT molecular complexity index is 569. The molecule has 21 heavy (non-hydrogen) atoms. The summed E-state index contributed by atoms with van der Waals surface area (Å²) in [6, 6.07) is 6.56. The molecule has 4 N–H and O–H groups in total. The number of hydrazine groups is 1. The fourth-order valence-electron chi connectivity index (χ4n) is 1.82. The van der Waals surface area contributed by atoms with Crippen LogP contribution in [0.1, 0.15) is 12.5 Å². The highest BCUT2D eigenvalue weighted by molar-refractivity contribution is 5.36. The van der Waals surface area contributed by atoms with E-state index in [2.05, 4.69) is 25.7 Å². The van der Waals surface area contributed by atoms with E-state index in [0.717, 1.165) is 5.56 Å². The molecule has 0 saturated carbocycles. The van der Waals surface area contributed by atoms with E-state index in [1.165, 1.54) is 19.2 Å². The molecule has 7 nitrogen and oxygen atoms in total. The molecule has 0 aliphatic rings. The third-order valence-corrected chi connectivity index (χ3v) is 2.76. The van der Waals surface area contributed by atoms with Gasteiger partial charge in [0.2, 0.25) is 11.9 Å². The number of nitrogens with two attached hydrogens (primary N) is 1. The summed E-state index contributed by atoms with van der Waals surface area (Å²) < 4.78 is 17.8. The zero-order valence-corrected chi connectivity index (χ0v) is 11.8. The van der Waals surface area contributed by atoms with Crippen LogP contribution < -0.4 is 21.3 Å². The summed E-state index contributed by atoms with van der Waals surface area (Å²) in [6.45, 7) is 1.97. The first-order valence-corrected chi connectivity index (χ1v) is 6.38. The molecule has 0 saturated heterocycles. The first-order chi connectivity index (χ1) is 10.1. The number of nitrogens with zero attached hydrogens (tertiary/aromatic N) is 3. The highest BCUT2D eigenvalue weighted by atomic mass is 19.1. The van der Waals surface area contributed by atoms with Gasteiger partial charge in [0.1, 0.15) is 5.82 Å². The van der Waals surface area contributed by atoms with Crippen LogP contribution in [0, 0.1) is 5.82 Å². The van der Waals surface area contributed by atoms with Gasteiger partial charge in [-0.2, -0.15) is 15.0 Å². The van der Waals surface area contributed by atoms with Gasteiger partial charge in [0.25, 0.3) is 0 Å². The lowest BCUT2D eigenvalue weighted by molar-refractivity contribution is 0.379. The molecule has 8 heteroatoms. The summed E-state index contributed by atoms with van der Waals surface area (Å²) in [6.07, 6.45) is 0.694. The van der Waals surface area contributed by atoms with Crippen molar-refractivity contribution in [3.63, 3.8) is 0 Å². The molecular weight excluding hydrogens is 275 g/mol. The van der Waals surface area contributed by atoms with Crippen LogP contribution in [0.5, 0.6) is 6.01 Å². The van der Waals surface area contributed by atoms with Gasteiger partial charge >= 0.3 is 6.01 Å². The summed E-state index contributed by atoms with van der Waals surface area (Å²) in [5, 5.41) is 3.12. The minimum Gasteiger partial charge on any atom is -0.467 e. The molecule has 1 aromatic carbocycles. The molecule has 1 atom stereocenters. The lowest BCUT2D eigenvalue weighted by Crippen LogP contribution is -2.21. The van der Waals surface area contributed by atoms with E-state index in [1.807, 2.05) is 6.92 Å². The van der Waals surface area contributed by atoms with Crippen LogP contribution in [-0.2, 0) is 6.42 Å². The number of benzene rings is 1. The summed E-state index contributed by atoms with van der Waals surface area (Å²) in [5.41, 5.74) is 3.36. The van der Waals surface area contributed by atoms with Crippen LogP contribution in [0.3, 0.4) is 0 Å². The van der Waals surface area contributed by atoms with Crippen molar-refractivity contribution in [2.24, 2.45) is 5.84 Å². The number of halogens is 1. The third kappa shape index (κ3) is 4.25. The maximum Gasteiger partial charge on any atom is 0.322 e. The quantitative estimate of drug-likeness (QED) is 0.546. The van der Waals surface area contributed by atoms with Crippen LogP contribution >= 0.6 is 0 Å². The second kappa shape index (κ2) is 6.80. The first kappa shape index (κ1) is 14.9. The van der Waals surface area contributed by atoms with E-state index in [0.29, 0.717) is 12.4 Å². The lowest BCUT2D eigenvalue weighted by atomic mass is 10.1. The van der Waals surface area contributed by atoms with Crippen molar-refractivity contribution >= 4 is 11.9 Å². The first-order valence-electron chi connectivity index (χ1n) is 6.38. The Hall–Kier alpha value is -2.48. The zero-order chi connectivity index (χ0) is 15.2. The van der Waals surface area contributed by atoms with E-state index in [-0.39, 0.29) is 23.8 Å². The Morgan fingerprint density at radius 3 is 2.48 bits per heavy atom. The maximum atomic E-state index is 12.9. The molecule has 0 fully saturated rings. The maximum absolute atomic E-state index is 12.9. The number of methoxy groups -OCH3 is 1. The normalized spacial score (nSPS) is 11.8. The average molecular weight is 292 g/mol. The molecule has 2 rings (SSSR count). The fraction of sp³-hybridized carbons (Fsp3) is 0.308. The fourth-order valence-corrected chi connectivity index (χ4v) is 1.82. The van der Waals surface area contributed by atoms with Crippen molar-refractivity contribution < 1.29 is 9.13 Å². The van der Waals surface area contributed by atoms with Crippen LogP contribution in [0.4, 0.5) is 16.3 Å². The molecule has 1 unspecified atom stereocenters. The zero-order valence-electron chi connectivity index (χ0n) is 11.8. The van der Waals surface area contributed by atoms with E-state index in [4.69, 9.17) is 10.6 Å². The minimum atomic E-state index is -0.250. The van der Waals surface area contributed by atoms with E-state index in [1.54, 1.807) is 12.1 Å². The van der Waals surface area contributed by atoms with Crippen LogP contribution in [0.15, 0.2) is 24.3 Å². The Labute approximate surface area is 121 Å². The third-order valence-electron chi connectivity index (χ3n) is 2.76. The summed E-state index contributed by atoms with van der Waals surface area (Å²) in [4.78, 5) is 12.1. The Morgan fingerprint density at radius 2 is 1.86 bits per heavy atom. The molecule has 1 aromatic heterocycles. The number of hydrogen-bond acceptors (Lipinski definition) is 7. The number of rotatable bonds is 6. The Kier molecular flexibility index (Phi) is 4.83. The van der Waals surface area contributed by atoms with Gasteiger partial charge in [0.05, 0.1) is 7.11 Å². The number of hydrogen-bond donors (Lipinski definition) is 3. The van der Waals surface area contributed by atoms with Gasteiger partial charge < -0.3 is 10.1 Å². The SMILES string of the molecule is COc1nc(NN)nc(NC(C)Cc2ccc(F)cc2)n1. The minimum absolute atomic E-state index is 0.0354. The van der Waals surface area contributed by atoms with Crippen molar-refractivity contribution in [3.8, 4) is 6.01 Å². The largest absolute Gasteiger partial charge is 0.467 e. The van der Waals surface area contributed by atoms with Gasteiger partial charge in [0.15, 0.2) is 0 Å². The van der Waals surface area contributed by atoms with E-state index in [9.17, 15) is 4.39 Å². The standard InChI is InChI=1S/C13H17FN6O/c1-8(7-9-3-5-10(14)6-4-9)16-11-17-12(20-15)19-13(18-11)21-2/h3-6,8H,7,15H2,1-2H3,(H2,16,17,18,19,20). The molecule has 0 spiro atoms. The van der Waals surface area contributed by atoms with Gasteiger partial charge in [-0.25, -0.2) is 10.2 Å². The second-order valence-corrected chi connectivity index (χ2v) is 4.49. The van der Waals surface area contributed by atoms with Crippen molar-refractivity contribution in [3.05, 3.63) is 35.6 Å². The molecule has 1 heterocycles. The number of nitrogen functional groups attached to an aromatic ring is 1. The molecule has 0 aliphatic heterocycles. The van der Waals surface area contributed by atoms with Crippen molar-refractivity contribution in [2.45, 2.75) is 19.4 Å². The molecule has 0 amide bonds. The highest BCUT2D eigenvalue weighted by Crippen LogP contribution is 2.13. The number of anilines is 2. The molecule has 0 aliphatic carbocycles. The van der Waals surface area contributed by atoms with Gasteiger partial charge in [-0.15, -0.1) is 0 Å². The molecule has 2 aromatic rings. The van der Waals surface area contributed by atoms with E-state index >= 15 is 0 Å². The molecular formula is C13H17FN6O. The molecule has 0 radical (unpaired) electrons. The average Bonchev–Trinajstić information content (AvgIpc) is 2.49. The molecule has 0 bridgehead atoms. The van der Waals surface area contributed by atoms with Crippen molar-refractivity contribution in [2.75, 3.05) is 17.9 Å². The van der Waals surface area contributed by atoms with Crippen LogP contribution in [-0.4, -0.2) is 28.1 Å². The van der Waals surface area contributed by atoms with Gasteiger partial charge in [-0.1, -0.05) is 12.1 Å². The van der Waals surface area contributed by atoms with Crippen LogP contribution in [0.25, 0.3) is 0 Å². The lowest BCUT2D eigenvalue weighted by Gasteiger charge is -2.14. The van der Waals surface area contributed by atoms with Gasteiger partial charge in [-0.05, 0) is 31.0 Å². The summed E-state index contributed by atoms with van der Waals surface area (Å²) in [5.74, 6) is 5.60. The summed E-state index contributed by atoms with van der Waals surface area (Å²) in [7, 11) is 1.46. The predicted molar refractivity (Wildman–Crippen MR) is 77.4 cm³/mol. The smallest absolute Gasteiger partial charge is 0.322 e.